The van der Waals surface area contributed by atoms with Gasteiger partial charge >= 0.3 is 21.7 Å². The van der Waals surface area contributed by atoms with Gasteiger partial charge in [-0.05, 0) is 76.6 Å². The van der Waals surface area contributed by atoms with Crippen LogP contribution in [0.25, 0.3) is 0 Å². The van der Waals surface area contributed by atoms with Gasteiger partial charge in [0.25, 0.3) is 0 Å². The zero-order valence-corrected chi connectivity index (χ0v) is 35.8. The van der Waals surface area contributed by atoms with Crippen LogP contribution in [0.1, 0.15) is 144 Å². The molecule has 2 rings (SSSR count). The summed E-state index contributed by atoms with van der Waals surface area (Å²) in [4.78, 5) is 9.33. The Morgan fingerprint density at radius 1 is 0.434 bits per heavy atom. The maximum atomic E-state index is 11.7. The molecule has 0 amide bonds. The van der Waals surface area contributed by atoms with E-state index in [-0.39, 0.29) is 34.9 Å². The van der Waals surface area contributed by atoms with Gasteiger partial charge in [0.1, 0.15) is 34.2 Å². The first kappa shape index (κ1) is 51.1. The van der Waals surface area contributed by atoms with Crippen molar-refractivity contribution in [2.45, 2.75) is 144 Å². The number of hydrogen-bond donors (Lipinski definition) is 0. The molecule has 302 valence electrons. The Morgan fingerprint density at radius 2 is 0.679 bits per heavy atom. The van der Waals surface area contributed by atoms with Gasteiger partial charge in [0.05, 0.1) is 50.8 Å². The minimum absolute atomic E-state index is 0. The molecule has 10 nitrogen and oxygen atoms in total. The van der Waals surface area contributed by atoms with Crippen molar-refractivity contribution >= 4 is 0 Å². The molecule has 2 aromatic rings. The normalized spacial score (nSPS) is 13.2. The van der Waals surface area contributed by atoms with Crippen LogP contribution in [0, 0.1) is 0 Å². The molecule has 0 aliphatic heterocycles. The molecule has 0 bridgehead atoms. The molecular formula is C42H70O10Ti. The van der Waals surface area contributed by atoms with Crippen LogP contribution in [0.15, 0.2) is 36.4 Å². The van der Waals surface area contributed by atoms with Gasteiger partial charge in [0.15, 0.2) is 0 Å². The minimum Gasteiger partial charge on any atom is -0.723 e. The molecule has 0 N–H and O–H groups in total. The van der Waals surface area contributed by atoms with Crippen molar-refractivity contribution < 1.29 is 70.4 Å². The second-order valence-electron chi connectivity index (χ2n) is 13.5. The van der Waals surface area contributed by atoms with Crippen LogP contribution < -0.4 is 29.5 Å². The second-order valence-corrected chi connectivity index (χ2v) is 13.5. The third kappa shape index (κ3) is 19.0. The van der Waals surface area contributed by atoms with Gasteiger partial charge in [-0.15, -0.1) is 0 Å². The first-order valence-electron chi connectivity index (χ1n) is 19.8. The molecule has 11 heteroatoms. The Kier molecular flexibility index (Phi) is 30.2. The molecular weight excluding hydrogens is 712 g/mol. The van der Waals surface area contributed by atoms with E-state index in [9.17, 15) is 10.5 Å². The third-order valence-corrected chi connectivity index (χ3v) is 8.46. The summed E-state index contributed by atoms with van der Waals surface area (Å²) in [6.45, 7) is 20.0. The smallest absolute Gasteiger partial charge is 0.723 e. The van der Waals surface area contributed by atoms with Gasteiger partial charge in [-0.2, -0.15) is 0 Å². The van der Waals surface area contributed by atoms with E-state index >= 15 is 0 Å². The number of unbranched alkanes of at least 4 members (excludes halogenated alkanes) is 6. The van der Waals surface area contributed by atoms with E-state index in [1.807, 2.05) is 36.4 Å². The Hall–Kier alpha value is -1.89. The fourth-order valence-electron chi connectivity index (χ4n) is 5.15. The molecule has 2 aromatic carbocycles. The second kappa shape index (κ2) is 31.3. The van der Waals surface area contributed by atoms with Crippen LogP contribution in [-0.4, -0.2) is 52.9 Å². The van der Waals surface area contributed by atoms with Crippen molar-refractivity contribution in [2.24, 2.45) is 0 Å². The van der Waals surface area contributed by atoms with Crippen LogP contribution >= 0.6 is 0 Å². The van der Waals surface area contributed by atoms with Crippen molar-refractivity contribution in [3.05, 3.63) is 47.5 Å². The molecule has 0 saturated carbocycles. The molecule has 0 saturated heterocycles. The maximum absolute atomic E-state index is 11.7. The molecule has 0 heterocycles. The van der Waals surface area contributed by atoms with E-state index in [0.717, 1.165) is 77.0 Å². The van der Waals surface area contributed by atoms with Gasteiger partial charge in [0.2, 0.25) is 0 Å². The Bertz CT molecular complexity index is 1020. The quantitative estimate of drug-likeness (QED) is 0.0329. The van der Waals surface area contributed by atoms with E-state index in [1.165, 1.54) is 0 Å². The topological polar surface area (TPSA) is 120 Å². The molecule has 0 aromatic heterocycles. The molecule has 0 radical (unpaired) electrons. The van der Waals surface area contributed by atoms with Crippen molar-refractivity contribution in [1.29, 1.82) is 0 Å². The summed E-state index contributed by atoms with van der Waals surface area (Å²) in [7, 11) is 0. The predicted octanol–water partition coefficient (Wildman–Crippen LogP) is 8.73. The Balaban J connectivity index is 0.00000100. The first-order chi connectivity index (χ1) is 25.2. The number of rotatable bonds is 30. The van der Waals surface area contributed by atoms with Crippen LogP contribution in [0.3, 0.4) is 0 Å². The number of benzene rings is 2. The van der Waals surface area contributed by atoms with Crippen molar-refractivity contribution in [1.82, 2.24) is 0 Å². The fraction of sp³-hybridized carbons (Fsp3) is 0.714. The average Bonchev–Trinajstić information content (AvgIpc) is 3.16. The van der Waals surface area contributed by atoms with Crippen LogP contribution in [-0.2, 0) is 52.2 Å². The van der Waals surface area contributed by atoms with E-state index in [0.29, 0.717) is 73.8 Å². The van der Waals surface area contributed by atoms with Gasteiger partial charge in [-0.3, -0.25) is 0 Å². The Morgan fingerprint density at radius 3 is 0.906 bits per heavy atom. The minimum atomic E-state index is -1.17. The monoisotopic (exact) mass is 782 g/mol. The van der Waals surface area contributed by atoms with E-state index < -0.39 is 11.2 Å². The molecule has 0 spiro atoms. The molecule has 2 atom stereocenters. The van der Waals surface area contributed by atoms with Gasteiger partial charge in [-0.25, -0.2) is 0 Å². The molecule has 0 fully saturated rings. The third-order valence-electron chi connectivity index (χ3n) is 8.46. The van der Waals surface area contributed by atoms with E-state index in [2.05, 4.69) is 51.3 Å². The molecule has 0 aliphatic rings. The summed E-state index contributed by atoms with van der Waals surface area (Å²) >= 11 is 0. The largest absolute Gasteiger partial charge is 2.00 e. The fourth-order valence-corrected chi connectivity index (χ4v) is 5.15. The van der Waals surface area contributed by atoms with Crippen LogP contribution in [0.2, 0.25) is 0 Å². The van der Waals surface area contributed by atoms with Gasteiger partial charge in [-0.1, -0.05) is 92.2 Å². The van der Waals surface area contributed by atoms with Gasteiger partial charge < -0.3 is 48.7 Å². The van der Waals surface area contributed by atoms with Gasteiger partial charge in [0, 0.05) is 13.2 Å². The summed E-state index contributed by atoms with van der Waals surface area (Å²) in [5.41, 5.74) is -1.06. The van der Waals surface area contributed by atoms with E-state index in [4.69, 9.17) is 28.4 Å². The Labute approximate surface area is 336 Å². The van der Waals surface area contributed by atoms with E-state index in [1.54, 1.807) is 13.8 Å². The zero-order chi connectivity index (χ0) is 38.5. The SMILES string of the molecule is CCCCOCC(C)(O[O-])c1c(OCCCC)cccc1OCCCC.CCCCOCC(C)(O[O-])c1c(OCCCC)cccc1OCCCC.[Ti+2]. The van der Waals surface area contributed by atoms with Crippen molar-refractivity contribution in [3.63, 3.8) is 0 Å². The zero-order valence-electron chi connectivity index (χ0n) is 34.2. The maximum Gasteiger partial charge on any atom is 2.00 e. The summed E-state index contributed by atoms with van der Waals surface area (Å²) < 4.78 is 35.2. The molecule has 0 aliphatic carbocycles. The molecule has 53 heavy (non-hydrogen) atoms. The summed E-state index contributed by atoms with van der Waals surface area (Å²) in [6, 6.07) is 11.2. The predicted molar refractivity (Wildman–Crippen MR) is 203 cm³/mol. The number of hydrogen-bond acceptors (Lipinski definition) is 10. The van der Waals surface area contributed by atoms with Crippen molar-refractivity contribution in [2.75, 3.05) is 52.9 Å². The van der Waals surface area contributed by atoms with Crippen LogP contribution in [0.4, 0.5) is 0 Å². The first-order valence-corrected chi connectivity index (χ1v) is 19.8. The summed E-state index contributed by atoms with van der Waals surface area (Å²) in [5.74, 6) is 2.52. The summed E-state index contributed by atoms with van der Waals surface area (Å²) in [5, 5.41) is 23.4. The van der Waals surface area contributed by atoms with Crippen molar-refractivity contribution in [3.8, 4) is 23.0 Å². The molecule has 2 unspecified atom stereocenters. The van der Waals surface area contributed by atoms with Crippen LogP contribution in [0.5, 0.6) is 23.0 Å². The average molecular weight is 783 g/mol. The summed E-state index contributed by atoms with van der Waals surface area (Å²) in [6.07, 6.45) is 11.9. The number of ether oxygens (including phenoxy) is 6. The standard InChI is InChI=1S/2C21H36O5.Ti/c2*1-5-8-14-23-17-21(4,26-22)20-18(24-15-9-6-2)12-11-13-19(20)25-16-10-7-3;/h2*11-13,22H,5-10,14-17H2,1-4H3;/q;;+2/p-2.